The number of methoxy groups -OCH3 is 1. The summed E-state index contributed by atoms with van der Waals surface area (Å²) >= 11 is 0. The maximum atomic E-state index is 13.0. The van der Waals surface area contributed by atoms with Crippen LogP contribution in [0.3, 0.4) is 0 Å². The summed E-state index contributed by atoms with van der Waals surface area (Å²) in [6, 6.07) is 12.5. The molecule has 33 heavy (non-hydrogen) atoms. The highest BCUT2D eigenvalue weighted by Gasteiger charge is 2.40. The van der Waals surface area contributed by atoms with Crippen LogP contribution in [0.1, 0.15) is 35.7 Å². The van der Waals surface area contributed by atoms with E-state index in [4.69, 9.17) is 4.74 Å². The molecule has 0 fully saturated rings. The van der Waals surface area contributed by atoms with Crippen LogP contribution in [-0.2, 0) is 26.2 Å². The third-order valence-corrected chi connectivity index (χ3v) is 7.43. The molecule has 0 aromatic heterocycles. The number of carbonyl (C=O) groups is 3. The number of likely N-dealkylation sites (N-methyl/N-ethyl adjacent to an activating group) is 1. The van der Waals surface area contributed by atoms with Crippen LogP contribution in [0.15, 0.2) is 53.4 Å². The van der Waals surface area contributed by atoms with Gasteiger partial charge in [-0.2, -0.15) is 0 Å². The number of ether oxygens (including phenoxy) is 1. The van der Waals surface area contributed by atoms with E-state index in [0.29, 0.717) is 5.75 Å². The van der Waals surface area contributed by atoms with Gasteiger partial charge in [-0.15, -0.1) is 0 Å². The van der Waals surface area contributed by atoms with E-state index in [9.17, 15) is 22.8 Å². The summed E-state index contributed by atoms with van der Waals surface area (Å²) in [6.07, 6.45) is 0.116. The van der Waals surface area contributed by atoms with Crippen LogP contribution in [0.5, 0.6) is 5.75 Å². The number of hydrogen-bond acceptors (Lipinski definition) is 6. The van der Waals surface area contributed by atoms with Crippen molar-refractivity contribution in [3.63, 3.8) is 0 Å². The number of nitrogens with zero attached hydrogens (tertiary/aromatic N) is 2. The highest BCUT2D eigenvalue weighted by atomic mass is 32.2. The van der Waals surface area contributed by atoms with Crippen molar-refractivity contribution in [1.82, 2.24) is 14.5 Å². The van der Waals surface area contributed by atoms with E-state index < -0.39 is 22.0 Å². The van der Waals surface area contributed by atoms with Crippen molar-refractivity contribution < 1.29 is 27.5 Å². The van der Waals surface area contributed by atoms with Gasteiger partial charge in [-0.05, 0) is 43.2 Å². The van der Waals surface area contributed by atoms with Crippen molar-refractivity contribution in [2.75, 3.05) is 20.7 Å². The molecule has 1 heterocycles. The summed E-state index contributed by atoms with van der Waals surface area (Å²) < 4.78 is 31.3. The van der Waals surface area contributed by atoms with Gasteiger partial charge >= 0.3 is 0 Å². The number of benzene rings is 2. The lowest BCUT2D eigenvalue weighted by Crippen LogP contribution is -2.46. The fraction of sp³-hybridized carbons (Fsp3) is 0.348. The van der Waals surface area contributed by atoms with Gasteiger partial charge < -0.3 is 15.0 Å². The Morgan fingerprint density at radius 3 is 2.39 bits per heavy atom. The van der Waals surface area contributed by atoms with Crippen molar-refractivity contribution in [2.24, 2.45) is 0 Å². The van der Waals surface area contributed by atoms with Crippen LogP contribution in [0, 0.1) is 0 Å². The van der Waals surface area contributed by atoms with Gasteiger partial charge in [0.2, 0.25) is 11.8 Å². The minimum absolute atomic E-state index is 0.0179. The fourth-order valence-corrected chi connectivity index (χ4v) is 5.30. The monoisotopic (exact) mass is 473 g/mol. The molecule has 2 aromatic rings. The molecule has 0 bridgehead atoms. The molecule has 3 amide bonds. The maximum absolute atomic E-state index is 13.0. The van der Waals surface area contributed by atoms with E-state index in [-0.39, 0.29) is 48.2 Å². The lowest BCUT2D eigenvalue weighted by molar-refractivity contribution is -0.140. The summed E-state index contributed by atoms with van der Waals surface area (Å²) in [4.78, 5) is 39.2. The van der Waals surface area contributed by atoms with Crippen LogP contribution in [0.4, 0.5) is 0 Å². The Hall–Kier alpha value is -3.40. The SMILES string of the molecule is CNC(=O)C(C)N(Cc1ccc(OC)cc1)C(=O)CCCN1C(=O)c2ccccc2S1(=O)=O. The Balaban J connectivity index is 1.69. The zero-order chi connectivity index (χ0) is 24.2. The van der Waals surface area contributed by atoms with Crippen LogP contribution < -0.4 is 10.1 Å². The first kappa shape index (κ1) is 24.2. The number of nitrogens with one attached hydrogen (secondary N) is 1. The van der Waals surface area contributed by atoms with Crippen LogP contribution in [0.25, 0.3) is 0 Å². The minimum atomic E-state index is -3.92. The summed E-state index contributed by atoms with van der Waals surface area (Å²) in [5.74, 6) is -0.548. The van der Waals surface area contributed by atoms with Crippen molar-refractivity contribution in [3.8, 4) is 5.75 Å². The van der Waals surface area contributed by atoms with E-state index in [1.54, 1.807) is 38.3 Å². The van der Waals surface area contributed by atoms with Gasteiger partial charge in [-0.3, -0.25) is 14.4 Å². The Kier molecular flexibility index (Phi) is 7.37. The topological polar surface area (TPSA) is 113 Å². The first-order chi connectivity index (χ1) is 15.7. The quantitative estimate of drug-likeness (QED) is 0.594. The second-order valence-corrected chi connectivity index (χ2v) is 9.47. The molecule has 0 radical (unpaired) electrons. The predicted molar refractivity (Wildman–Crippen MR) is 121 cm³/mol. The summed E-state index contributed by atoms with van der Waals surface area (Å²) in [7, 11) is -0.865. The predicted octanol–water partition coefficient (Wildman–Crippen LogP) is 1.78. The van der Waals surface area contributed by atoms with E-state index in [0.717, 1.165) is 9.87 Å². The summed E-state index contributed by atoms with van der Waals surface area (Å²) in [5, 5.41) is 2.55. The average molecular weight is 474 g/mol. The Morgan fingerprint density at radius 2 is 1.79 bits per heavy atom. The molecule has 9 nitrogen and oxygen atoms in total. The number of sulfonamides is 1. The molecule has 0 saturated heterocycles. The largest absolute Gasteiger partial charge is 0.497 e. The standard InChI is InChI=1S/C23H27N3O6S/c1-16(22(28)24-2)25(15-17-10-12-18(32-3)13-11-17)21(27)9-6-14-26-23(29)19-7-4-5-8-20(19)33(26,30)31/h4-5,7-8,10-13,16H,6,9,14-15H2,1-3H3,(H,24,28). The van der Waals surface area contributed by atoms with Crippen molar-refractivity contribution in [1.29, 1.82) is 0 Å². The molecule has 1 N–H and O–H groups in total. The van der Waals surface area contributed by atoms with Crippen molar-refractivity contribution in [3.05, 3.63) is 59.7 Å². The molecule has 0 aliphatic carbocycles. The van der Waals surface area contributed by atoms with Crippen LogP contribution >= 0.6 is 0 Å². The molecule has 176 valence electrons. The molecule has 0 spiro atoms. The first-order valence-corrected chi connectivity index (χ1v) is 11.9. The molecular weight excluding hydrogens is 446 g/mol. The number of fused-ring (bicyclic) bond motifs is 1. The lowest BCUT2D eigenvalue weighted by Gasteiger charge is -2.28. The molecular formula is C23H27N3O6S. The molecule has 0 saturated carbocycles. The van der Waals surface area contributed by atoms with Gasteiger partial charge in [0.15, 0.2) is 0 Å². The van der Waals surface area contributed by atoms with Gasteiger partial charge in [0.05, 0.1) is 12.7 Å². The summed E-state index contributed by atoms with van der Waals surface area (Å²) in [6.45, 7) is 1.71. The minimum Gasteiger partial charge on any atom is -0.497 e. The normalized spacial score (nSPS) is 15.0. The zero-order valence-electron chi connectivity index (χ0n) is 18.8. The third-order valence-electron chi connectivity index (χ3n) is 5.59. The van der Waals surface area contributed by atoms with Crippen LogP contribution in [0.2, 0.25) is 0 Å². The van der Waals surface area contributed by atoms with Crippen molar-refractivity contribution >= 4 is 27.7 Å². The molecule has 10 heteroatoms. The second-order valence-electron chi connectivity index (χ2n) is 7.64. The number of amides is 3. The van der Waals surface area contributed by atoms with Crippen molar-refractivity contribution in [2.45, 2.75) is 37.2 Å². The molecule has 1 unspecified atom stereocenters. The van der Waals surface area contributed by atoms with E-state index in [1.165, 1.54) is 24.1 Å². The Labute approximate surface area is 193 Å². The molecule has 3 rings (SSSR count). The van der Waals surface area contributed by atoms with E-state index in [1.807, 2.05) is 12.1 Å². The highest BCUT2D eigenvalue weighted by molar-refractivity contribution is 7.90. The Morgan fingerprint density at radius 1 is 1.12 bits per heavy atom. The van der Waals surface area contributed by atoms with E-state index >= 15 is 0 Å². The smallest absolute Gasteiger partial charge is 0.269 e. The Bertz CT molecular complexity index is 1150. The molecule has 1 aliphatic rings. The number of rotatable bonds is 9. The van der Waals surface area contributed by atoms with E-state index in [2.05, 4.69) is 5.32 Å². The van der Waals surface area contributed by atoms with Gasteiger partial charge in [0.25, 0.3) is 15.9 Å². The first-order valence-electron chi connectivity index (χ1n) is 10.5. The number of carbonyl (C=O) groups excluding carboxylic acids is 3. The lowest BCUT2D eigenvalue weighted by atomic mass is 10.1. The molecule has 2 aromatic carbocycles. The van der Waals surface area contributed by atoms with Crippen LogP contribution in [-0.4, -0.2) is 62.1 Å². The van der Waals surface area contributed by atoms with Gasteiger partial charge in [0.1, 0.15) is 16.7 Å². The average Bonchev–Trinajstić information content (AvgIpc) is 3.02. The number of hydrogen-bond donors (Lipinski definition) is 1. The van der Waals surface area contributed by atoms with Gasteiger partial charge in [-0.25, -0.2) is 12.7 Å². The summed E-state index contributed by atoms with van der Waals surface area (Å²) in [5.41, 5.74) is 0.950. The van der Waals surface area contributed by atoms with Gasteiger partial charge in [-0.1, -0.05) is 24.3 Å². The molecule has 1 aliphatic heterocycles. The maximum Gasteiger partial charge on any atom is 0.269 e. The zero-order valence-corrected chi connectivity index (χ0v) is 19.6. The third kappa shape index (κ3) is 5.00. The fourth-order valence-electron chi connectivity index (χ4n) is 3.69. The second kappa shape index (κ2) is 10.0. The van der Waals surface area contributed by atoms with Gasteiger partial charge in [0, 0.05) is 26.6 Å². The molecule has 1 atom stereocenters. The highest BCUT2D eigenvalue weighted by Crippen LogP contribution is 2.30.